The third-order valence-corrected chi connectivity index (χ3v) is 0.865. The maximum Gasteiger partial charge on any atom is 0.673 e. The van der Waals surface area contributed by atoms with E-state index in [1.54, 1.807) is 0 Å². The molecule has 0 atom stereocenters. The van der Waals surface area contributed by atoms with Crippen molar-refractivity contribution in [3.8, 4) is 0 Å². The molecule has 22 heavy (non-hydrogen) atoms. The molecule has 0 radical (unpaired) electrons. The van der Waals surface area contributed by atoms with E-state index in [0.717, 1.165) is 0 Å². The van der Waals surface area contributed by atoms with Crippen LogP contribution in [0.25, 0.3) is 0 Å². The Morgan fingerprint density at radius 3 is 0.773 bits per heavy atom. The summed E-state index contributed by atoms with van der Waals surface area (Å²) in [5.74, 6) is 0. The van der Waals surface area contributed by atoms with Crippen molar-refractivity contribution in [1.82, 2.24) is 0 Å². The first-order chi connectivity index (χ1) is 9.39. The molecule has 0 aliphatic heterocycles. The molecule has 0 amide bonds. The lowest BCUT2D eigenvalue weighted by molar-refractivity contribution is -0.671. The van der Waals surface area contributed by atoms with Gasteiger partial charge in [0.05, 0.1) is 0 Å². The minimum atomic E-state index is -6.00. The largest absolute Gasteiger partial charge is 0.673 e. The van der Waals surface area contributed by atoms with E-state index in [-0.39, 0.29) is 0 Å². The first-order valence-electron chi connectivity index (χ1n) is 4.92. The van der Waals surface area contributed by atoms with Gasteiger partial charge in [0, 0.05) is 12.1 Å². The fraction of sp³-hybridized carbons (Fsp3) is 0.167. The lowest BCUT2D eigenvalue weighted by atomic mass is 10.3. The Hall–Kier alpha value is -1.50. The average Bonchev–Trinajstić information content (AvgIpc) is 2.09. The van der Waals surface area contributed by atoms with Crippen LogP contribution in [0.4, 0.5) is 51.8 Å². The molecule has 0 spiro atoms. The summed E-state index contributed by atoms with van der Waals surface area (Å²) < 4.78 is 119. The Labute approximate surface area is 117 Å². The zero-order chi connectivity index (χ0) is 18.6. The van der Waals surface area contributed by atoms with E-state index >= 15 is 0 Å². The summed E-state index contributed by atoms with van der Waals surface area (Å²) in [4.78, 5) is 0. The maximum atomic E-state index is 9.75. The normalized spacial score (nSPS) is 11.0. The van der Waals surface area contributed by atoms with Gasteiger partial charge in [0.2, 0.25) is 0 Å². The summed E-state index contributed by atoms with van der Waals surface area (Å²) >= 11 is 0. The molecule has 1 nitrogen and oxygen atoms in total. The van der Waals surface area contributed by atoms with Crippen LogP contribution in [0, 0.1) is 0 Å². The van der Waals surface area contributed by atoms with Crippen molar-refractivity contribution in [1.29, 1.82) is 0 Å². The first-order valence-corrected chi connectivity index (χ1v) is 4.92. The molecule has 0 aliphatic rings. The minimum Gasteiger partial charge on any atom is -0.418 e. The summed E-state index contributed by atoms with van der Waals surface area (Å²) in [6.45, 7) is 0. The quantitative estimate of drug-likeness (QED) is 0.369. The summed E-state index contributed by atoms with van der Waals surface area (Å²) in [7, 11) is -16.0. The van der Waals surface area contributed by atoms with Crippen LogP contribution in [0.1, 0.15) is 0 Å². The van der Waals surface area contributed by atoms with E-state index in [2.05, 4.69) is 0 Å². The molecule has 1 rings (SSSR count). The third-order valence-electron chi connectivity index (χ3n) is 0.865. The maximum absolute atomic E-state index is 9.75. The highest BCUT2D eigenvalue weighted by atomic mass is 19.5. The Kier molecular flexibility index (Phi) is 12.9. The molecule has 0 bridgehead atoms. The molecule has 0 aliphatic carbocycles. The van der Waals surface area contributed by atoms with Gasteiger partial charge >= 0.3 is 21.8 Å². The number of pyridine rings is 1. The first kappa shape index (κ1) is 25.5. The molecule has 0 N–H and O–H groups in total. The zero-order valence-electron chi connectivity index (χ0n) is 10.6. The number of hydrogen-bond acceptors (Lipinski definition) is 0. The topological polar surface area (TPSA) is 3.88 Å². The van der Waals surface area contributed by atoms with Gasteiger partial charge in [-0.1, -0.05) is 6.07 Å². The van der Waals surface area contributed by atoms with Gasteiger partial charge in [0.25, 0.3) is 0 Å². The number of aromatic nitrogens is 1. The van der Waals surface area contributed by atoms with Gasteiger partial charge in [0.15, 0.2) is 12.4 Å². The van der Waals surface area contributed by atoms with Gasteiger partial charge < -0.3 is 51.8 Å². The predicted molar refractivity (Wildman–Crippen MR) is 58.2 cm³/mol. The molecule has 1 heterocycles. The summed E-state index contributed by atoms with van der Waals surface area (Å²) in [6, 6.07) is 6.00. The third kappa shape index (κ3) is 134. The van der Waals surface area contributed by atoms with E-state index in [0.29, 0.717) is 0 Å². The molecule has 0 aromatic carbocycles. The molecular weight excluding hydrogens is 346 g/mol. The number of nitrogens with zero attached hydrogens (tertiary/aromatic N) is 1. The Morgan fingerprint density at radius 1 is 0.500 bits per heavy atom. The van der Waals surface area contributed by atoms with Crippen LogP contribution >= 0.6 is 0 Å². The summed E-state index contributed by atoms with van der Waals surface area (Å²) in [6.07, 6.45) is 4.00. The average molecular weight is 355 g/mol. The van der Waals surface area contributed by atoms with Gasteiger partial charge in [-0.15, -0.1) is 0 Å². The fourth-order valence-electron chi connectivity index (χ4n) is 0.485. The Bertz CT molecular complexity index is 313. The monoisotopic (exact) mass is 355 g/mol. The smallest absolute Gasteiger partial charge is 0.418 e. The number of hydrogen-bond donors (Lipinski definition) is 0. The molecule has 0 saturated carbocycles. The van der Waals surface area contributed by atoms with Crippen molar-refractivity contribution in [2.45, 2.75) is 0 Å². The van der Waals surface area contributed by atoms with Crippen molar-refractivity contribution in [2.24, 2.45) is 7.05 Å². The highest BCUT2D eigenvalue weighted by Crippen LogP contribution is 2.07. The SMILES string of the molecule is C[n+]1ccccc1.F[B-](F)(F)F.F[B-](F)(F)F.F[B-](F)(F)F. The molecule has 0 saturated heterocycles. The van der Waals surface area contributed by atoms with Gasteiger partial charge in [-0.05, 0) is 0 Å². The van der Waals surface area contributed by atoms with Crippen LogP contribution in [0.2, 0.25) is 0 Å². The van der Waals surface area contributed by atoms with Crippen LogP contribution in [0.5, 0.6) is 0 Å². The van der Waals surface area contributed by atoms with Crippen molar-refractivity contribution >= 4 is 21.8 Å². The van der Waals surface area contributed by atoms with E-state index in [1.165, 1.54) is 0 Å². The minimum absolute atomic E-state index is 2.00. The summed E-state index contributed by atoms with van der Waals surface area (Å²) in [5.41, 5.74) is 0. The second-order valence-electron chi connectivity index (χ2n) is 3.03. The van der Waals surface area contributed by atoms with Crippen LogP contribution in [0.3, 0.4) is 0 Å². The molecule has 1 aromatic rings. The Morgan fingerprint density at radius 2 is 0.682 bits per heavy atom. The molecule has 16 heteroatoms. The molecule has 1 aromatic heterocycles. The number of rotatable bonds is 0. The number of aryl methyl sites for hydroxylation is 1. The van der Waals surface area contributed by atoms with Crippen molar-refractivity contribution in [2.75, 3.05) is 0 Å². The predicted octanol–water partition coefficient (Wildman–Crippen LogP) is 4.41. The lowest BCUT2D eigenvalue weighted by Gasteiger charge is -1.94. The number of halogens is 12. The zero-order valence-corrected chi connectivity index (χ0v) is 10.6. The highest BCUT2D eigenvalue weighted by Gasteiger charge is 2.21. The standard InChI is InChI=1S/C6H8N.3BF4/c1-7-5-3-2-4-6-7;3*2-1(3,4)5/h2-6H,1H3;;;/q+1;3*-1. The van der Waals surface area contributed by atoms with E-state index < -0.39 is 21.8 Å². The van der Waals surface area contributed by atoms with Crippen molar-refractivity contribution in [3.05, 3.63) is 30.6 Å². The van der Waals surface area contributed by atoms with Gasteiger partial charge in [-0.3, -0.25) is 0 Å². The van der Waals surface area contributed by atoms with Crippen LogP contribution in [0.15, 0.2) is 30.6 Å². The van der Waals surface area contributed by atoms with E-state index in [4.69, 9.17) is 0 Å². The lowest BCUT2D eigenvalue weighted by Crippen LogP contribution is -2.25. The van der Waals surface area contributed by atoms with Crippen molar-refractivity contribution in [3.63, 3.8) is 0 Å². The van der Waals surface area contributed by atoms with Crippen LogP contribution in [-0.4, -0.2) is 21.8 Å². The molecule has 0 unspecified atom stereocenters. The second kappa shape index (κ2) is 11.1. The highest BCUT2D eigenvalue weighted by molar-refractivity contribution is 6.50. The van der Waals surface area contributed by atoms with Gasteiger partial charge in [-0.2, -0.15) is 0 Å². The van der Waals surface area contributed by atoms with Gasteiger partial charge in [-0.25, -0.2) is 4.57 Å². The van der Waals surface area contributed by atoms with Gasteiger partial charge in [0.1, 0.15) is 7.05 Å². The molecule has 132 valence electrons. The Balaban J connectivity index is -0.000000223. The fourth-order valence-corrected chi connectivity index (χ4v) is 0.485. The summed E-state index contributed by atoms with van der Waals surface area (Å²) in [5, 5.41) is 0. The van der Waals surface area contributed by atoms with E-state index in [9.17, 15) is 51.8 Å². The van der Waals surface area contributed by atoms with Crippen LogP contribution in [-0.2, 0) is 7.05 Å². The molecular formula is C6H8B3F12N-2. The second-order valence-corrected chi connectivity index (χ2v) is 3.03. The van der Waals surface area contributed by atoms with Crippen molar-refractivity contribution < 1.29 is 56.4 Å². The van der Waals surface area contributed by atoms with Crippen LogP contribution < -0.4 is 4.57 Å². The van der Waals surface area contributed by atoms with E-state index in [1.807, 2.05) is 42.2 Å². The molecule has 0 fully saturated rings.